The molecule has 2 fully saturated rings. The molecule has 4 atom stereocenters. The van der Waals surface area contributed by atoms with Gasteiger partial charge in [0.05, 0.1) is 12.2 Å². The van der Waals surface area contributed by atoms with E-state index in [0.29, 0.717) is 24.3 Å². The third-order valence-electron chi connectivity index (χ3n) is 3.73. The summed E-state index contributed by atoms with van der Waals surface area (Å²) < 4.78 is 5.86. The first-order chi connectivity index (χ1) is 7.81. The molecule has 1 N–H and O–H groups in total. The molecule has 88 valence electrons. The van der Waals surface area contributed by atoms with Gasteiger partial charge in [0.1, 0.15) is 0 Å². The molecule has 0 saturated carbocycles. The summed E-state index contributed by atoms with van der Waals surface area (Å²) in [5.74, 6) is 0. The lowest BCUT2D eigenvalue weighted by Crippen LogP contribution is -2.43. The van der Waals surface area contributed by atoms with Crippen LogP contribution in [0, 0.1) is 0 Å². The molecule has 1 aromatic rings. The maximum atomic E-state index is 5.86. The third-order valence-corrected chi connectivity index (χ3v) is 4.46. The molecule has 0 aromatic carbocycles. The second-order valence-corrected chi connectivity index (χ2v) is 5.90. The minimum atomic E-state index is 0.495. The maximum Gasteiger partial charge on any atom is 0.0733 e. The Morgan fingerprint density at radius 2 is 2.50 bits per heavy atom. The van der Waals surface area contributed by atoms with Gasteiger partial charge in [-0.25, -0.2) is 0 Å². The Morgan fingerprint density at radius 1 is 1.56 bits per heavy atom. The van der Waals surface area contributed by atoms with Gasteiger partial charge in [0, 0.05) is 12.1 Å². The number of hydrogen-bond acceptors (Lipinski definition) is 3. The summed E-state index contributed by atoms with van der Waals surface area (Å²) in [6, 6.07) is 3.38. The molecule has 2 aliphatic rings. The van der Waals surface area contributed by atoms with E-state index in [2.05, 4.69) is 29.1 Å². The quantitative estimate of drug-likeness (QED) is 0.869. The SMILES string of the molecule is CC(Cc1ccsc1)NC1CC2CCC1O2. The van der Waals surface area contributed by atoms with Crippen molar-refractivity contribution in [1.29, 1.82) is 0 Å². The number of thiophene rings is 1. The van der Waals surface area contributed by atoms with Crippen molar-refractivity contribution in [1.82, 2.24) is 5.32 Å². The Hall–Kier alpha value is -0.380. The van der Waals surface area contributed by atoms with Crippen LogP contribution in [0.5, 0.6) is 0 Å². The zero-order chi connectivity index (χ0) is 11.0. The van der Waals surface area contributed by atoms with E-state index in [1.54, 1.807) is 11.3 Å². The molecule has 0 amide bonds. The van der Waals surface area contributed by atoms with Gasteiger partial charge in [-0.05, 0) is 55.0 Å². The number of nitrogens with one attached hydrogen (secondary N) is 1. The van der Waals surface area contributed by atoms with Crippen LogP contribution in [0.1, 0.15) is 31.7 Å². The van der Waals surface area contributed by atoms with Gasteiger partial charge < -0.3 is 10.1 Å². The normalized spacial score (nSPS) is 34.4. The Kier molecular flexibility index (Phi) is 3.01. The molecule has 2 saturated heterocycles. The summed E-state index contributed by atoms with van der Waals surface area (Å²) in [5.41, 5.74) is 1.45. The van der Waals surface area contributed by atoms with E-state index in [1.165, 1.54) is 24.8 Å². The van der Waals surface area contributed by atoms with Gasteiger partial charge in [-0.2, -0.15) is 11.3 Å². The predicted molar refractivity (Wildman–Crippen MR) is 66.9 cm³/mol. The Labute approximate surface area is 101 Å². The van der Waals surface area contributed by atoms with Gasteiger partial charge in [0.2, 0.25) is 0 Å². The zero-order valence-corrected chi connectivity index (χ0v) is 10.5. The van der Waals surface area contributed by atoms with Crippen molar-refractivity contribution >= 4 is 11.3 Å². The van der Waals surface area contributed by atoms with Crippen LogP contribution in [0.2, 0.25) is 0 Å². The topological polar surface area (TPSA) is 21.3 Å². The molecular formula is C13H19NOS. The van der Waals surface area contributed by atoms with Gasteiger partial charge in [0.25, 0.3) is 0 Å². The van der Waals surface area contributed by atoms with Gasteiger partial charge in [0.15, 0.2) is 0 Å². The molecule has 0 aliphatic carbocycles. The maximum absolute atomic E-state index is 5.86. The second kappa shape index (κ2) is 4.47. The first-order valence-corrected chi connectivity index (χ1v) is 7.18. The fourth-order valence-corrected chi connectivity index (χ4v) is 3.68. The molecule has 0 radical (unpaired) electrons. The summed E-state index contributed by atoms with van der Waals surface area (Å²) in [6.45, 7) is 2.28. The summed E-state index contributed by atoms with van der Waals surface area (Å²) >= 11 is 1.78. The Morgan fingerprint density at radius 3 is 3.12 bits per heavy atom. The Bertz CT molecular complexity index is 338. The van der Waals surface area contributed by atoms with E-state index in [4.69, 9.17) is 4.74 Å². The Balaban J connectivity index is 1.51. The lowest BCUT2D eigenvalue weighted by molar-refractivity contribution is 0.0962. The van der Waals surface area contributed by atoms with Crippen molar-refractivity contribution in [2.45, 2.75) is 56.9 Å². The second-order valence-electron chi connectivity index (χ2n) is 5.12. The first kappa shape index (κ1) is 10.8. The van der Waals surface area contributed by atoms with Gasteiger partial charge in [-0.15, -0.1) is 0 Å². The highest BCUT2D eigenvalue weighted by atomic mass is 32.1. The van der Waals surface area contributed by atoms with Crippen molar-refractivity contribution < 1.29 is 4.74 Å². The minimum Gasteiger partial charge on any atom is -0.373 e. The lowest BCUT2D eigenvalue weighted by Gasteiger charge is -2.24. The molecule has 16 heavy (non-hydrogen) atoms. The third kappa shape index (κ3) is 2.17. The minimum absolute atomic E-state index is 0.495. The standard InChI is InChI=1S/C13H19NOS/c1-9(6-10-4-5-16-8-10)14-12-7-11-2-3-13(12)15-11/h4-5,8-9,11-14H,2-3,6-7H2,1H3. The van der Waals surface area contributed by atoms with E-state index in [1.807, 2.05) is 0 Å². The number of fused-ring (bicyclic) bond motifs is 2. The summed E-state index contributed by atoms with van der Waals surface area (Å²) in [6.07, 6.45) is 5.94. The molecule has 3 heteroatoms. The highest BCUT2D eigenvalue weighted by molar-refractivity contribution is 7.07. The van der Waals surface area contributed by atoms with E-state index in [9.17, 15) is 0 Å². The van der Waals surface area contributed by atoms with E-state index < -0.39 is 0 Å². The van der Waals surface area contributed by atoms with Crippen LogP contribution in [-0.4, -0.2) is 24.3 Å². The zero-order valence-electron chi connectivity index (χ0n) is 9.69. The van der Waals surface area contributed by atoms with Crippen LogP contribution in [-0.2, 0) is 11.2 Å². The lowest BCUT2D eigenvalue weighted by atomic mass is 9.94. The molecule has 2 aliphatic heterocycles. The summed E-state index contributed by atoms with van der Waals surface area (Å²) in [7, 11) is 0. The van der Waals surface area contributed by atoms with Crippen molar-refractivity contribution in [3.63, 3.8) is 0 Å². The molecular weight excluding hydrogens is 218 g/mol. The van der Waals surface area contributed by atoms with Crippen molar-refractivity contribution in [2.24, 2.45) is 0 Å². The molecule has 1 aromatic heterocycles. The van der Waals surface area contributed by atoms with E-state index in [-0.39, 0.29) is 0 Å². The van der Waals surface area contributed by atoms with Crippen LogP contribution in [0.4, 0.5) is 0 Å². The highest BCUT2D eigenvalue weighted by Gasteiger charge is 2.40. The number of rotatable bonds is 4. The number of hydrogen-bond donors (Lipinski definition) is 1. The predicted octanol–water partition coefficient (Wildman–Crippen LogP) is 2.59. The van der Waals surface area contributed by atoms with Crippen LogP contribution in [0.3, 0.4) is 0 Å². The fourth-order valence-electron chi connectivity index (χ4n) is 3.00. The average Bonchev–Trinajstić information content (AvgIpc) is 2.92. The van der Waals surface area contributed by atoms with Crippen molar-refractivity contribution in [3.05, 3.63) is 22.4 Å². The van der Waals surface area contributed by atoms with E-state index in [0.717, 1.165) is 6.42 Å². The molecule has 0 spiro atoms. The van der Waals surface area contributed by atoms with Gasteiger partial charge >= 0.3 is 0 Å². The largest absolute Gasteiger partial charge is 0.373 e. The highest BCUT2D eigenvalue weighted by Crippen LogP contribution is 2.34. The van der Waals surface area contributed by atoms with Crippen LogP contribution >= 0.6 is 11.3 Å². The molecule has 3 rings (SSSR count). The molecule has 2 bridgehead atoms. The van der Waals surface area contributed by atoms with Crippen molar-refractivity contribution in [3.8, 4) is 0 Å². The molecule has 2 nitrogen and oxygen atoms in total. The molecule has 4 unspecified atom stereocenters. The van der Waals surface area contributed by atoms with Crippen LogP contribution in [0.15, 0.2) is 16.8 Å². The summed E-state index contributed by atoms with van der Waals surface area (Å²) in [4.78, 5) is 0. The monoisotopic (exact) mass is 237 g/mol. The van der Waals surface area contributed by atoms with Crippen LogP contribution < -0.4 is 5.32 Å². The van der Waals surface area contributed by atoms with Gasteiger partial charge in [-0.1, -0.05) is 0 Å². The van der Waals surface area contributed by atoms with Crippen LogP contribution in [0.25, 0.3) is 0 Å². The fraction of sp³-hybridized carbons (Fsp3) is 0.692. The summed E-state index contributed by atoms with van der Waals surface area (Å²) in [5, 5.41) is 8.13. The molecule has 3 heterocycles. The number of ether oxygens (including phenoxy) is 1. The van der Waals surface area contributed by atoms with E-state index >= 15 is 0 Å². The smallest absolute Gasteiger partial charge is 0.0733 e. The average molecular weight is 237 g/mol. The van der Waals surface area contributed by atoms with Crippen molar-refractivity contribution in [2.75, 3.05) is 0 Å². The van der Waals surface area contributed by atoms with Gasteiger partial charge in [-0.3, -0.25) is 0 Å². The first-order valence-electron chi connectivity index (χ1n) is 6.24.